The number of benzene rings is 10. The second kappa shape index (κ2) is 35.0. The first-order chi connectivity index (χ1) is 50.4. The van der Waals surface area contributed by atoms with Crippen LogP contribution in [0.15, 0.2) is 268 Å². The molecule has 6 aromatic heterocycles. The zero-order chi connectivity index (χ0) is 71.7. The Labute approximate surface area is 705 Å². The third-order valence-electron chi connectivity index (χ3n) is 19.5. The Morgan fingerprint density at radius 2 is 0.752 bits per heavy atom. The van der Waals surface area contributed by atoms with Crippen molar-refractivity contribution < 1.29 is 102 Å². The second-order valence-corrected chi connectivity index (χ2v) is 27.7. The van der Waals surface area contributed by atoms with E-state index in [0.717, 1.165) is 73.2 Å². The summed E-state index contributed by atoms with van der Waals surface area (Å²) in [5, 5.41) is 25.3. The summed E-state index contributed by atoms with van der Waals surface area (Å²) in [6.45, 7) is 13.7. The van der Waals surface area contributed by atoms with Crippen molar-refractivity contribution in [2.75, 3.05) is 0 Å². The zero-order valence-electron chi connectivity index (χ0n) is 61.2. The van der Waals surface area contributed by atoms with Gasteiger partial charge in [-0.3, -0.25) is 34.0 Å². The summed E-state index contributed by atoms with van der Waals surface area (Å²) >= 11 is 0. The van der Waals surface area contributed by atoms with E-state index in [1.807, 2.05) is 155 Å². The van der Waals surface area contributed by atoms with Crippen molar-refractivity contribution in [3.63, 3.8) is 0 Å². The van der Waals surface area contributed by atoms with Gasteiger partial charge in [-0.05, 0) is 69.0 Å². The summed E-state index contributed by atoms with van der Waals surface area (Å²) in [6.07, 6.45) is 12.9. The topological polar surface area (TPSA) is 154 Å². The van der Waals surface area contributed by atoms with Crippen molar-refractivity contribution in [1.29, 1.82) is 0 Å². The molecule has 0 spiro atoms. The number of hydrogen-bond donors (Lipinski definition) is 0. The summed E-state index contributed by atoms with van der Waals surface area (Å²) in [7, 11) is 7.61. The van der Waals surface area contributed by atoms with Crippen molar-refractivity contribution >= 4 is 0 Å². The van der Waals surface area contributed by atoms with Crippen LogP contribution in [0.3, 0.4) is 0 Å². The van der Waals surface area contributed by atoms with Crippen LogP contribution in [0.25, 0.3) is 118 Å². The Balaban J connectivity index is 0.000000144. The number of fused-ring (bicyclic) bond motifs is 9. The number of nitrogens with zero attached hydrogens (tertiary/aromatic N) is 15. The fourth-order valence-corrected chi connectivity index (χ4v) is 14.1. The van der Waals surface area contributed by atoms with Gasteiger partial charge in [-0.15, -0.1) is 153 Å². The van der Waals surface area contributed by atoms with Crippen LogP contribution in [0, 0.1) is 30.3 Å². The Kier molecular flexibility index (Phi) is 26.3. The van der Waals surface area contributed by atoms with Crippen molar-refractivity contribution in [3.05, 3.63) is 332 Å². The largest absolute Gasteiger partial charge is 0.350 e. The third kappa shape index (κ3) is 17.1. The molecule has 0 atom stereocenters. The molecule has 10 aromatic carbocycles. The van der Waals surface area contributed by atoms with Crippen LogP contribution in [0.1, 0.15) is 74.9 Å². The van der Waals surface area contributed by atoms with Gasteiger partial charge in [-0.25, -0.2) is 14.9 Å². The fraction of sp³-hybridized carbons (Fsp3) is 0.146. The number of imidazole rings is 1. The van der Waals surface area contributed by atoms with Crippen LogP contribution in [-0.2, 0) is 147 Å². The van der Waals surface area contributed by atoms with Crippen LogP contribution in [0.5, 0.6) is 0 Å². The standard InChI is InChI=1S/C19H13N4.C19H17N2.2C18H16N3.C15H12N3.3Ir.2Pt/c1-2-9-17(10-3-1)23-14-19(21-22-23)16-8-6-7-15(13-16)18-11-4-5-12-20-18;1-19(2)16-7-5-4-6-14(16)15-9-8-13(10-17(15)19)18-11-21(3)12-20-18;1-18(2)15-7-5-4-6-13(15)14-9-8-12(10-16(14)18)17-19-11-21(3)20-17;1-18(2)15-7-5-4-6-13(15)14-9-8-12(10-16(14)18)17-11-21(3)20-19-17;1-18-11-16-15(17-18)14-9-5-8-13(10-14)12-6-3-2-4-7-12;;;;;/h1-7,9-14H;4-7,9-12H,1-3H3;2*4-7,9-11H,1-3H3;2-8,10-11H,1H3;;;;;/q5*-1;;;;;. The van der Waals surface area contributed by atoms with Gasteiger partial charge in [-0.1, -0.05) is 218 Å². The first-order valence-corrected chi connectivity index (χ1v) is 34.5. The smallest absolute Gasteiger partial charge is 0.102 e. The molecule has 0 saturated carbocycles. The first kappa shape index (κ1) is 82.0. The van der Waals surface area contributed by atoms with E-state index < -0.39 is 0 Å². The van der Waals surface area contributed by atoms with Crippen molar-refractivity contribution in [3.8, 4) is 118 Å². The van der Waals surface area contributed by atoms with Crippen molar-refractivity contribution in [1.82, 2.24) is 74.1 Å². The van der Waals surface area contributed by atoms with Crippen molar-refractivity contribution in [2.24, 2.45) is 28.2 Å². The van der Waals surface area contributed by atoms with Crippen LogP contribution >= 0.6 is 0 Å². The van der Waals surface area contributed by atoms with E-state index in [1.54, 1.807) is 37.6 Å². The first-order valence-electron chi connectivity index (χ1n) is 34.5. The molecule has 3 aliphatic rings. The maximum absolute atomic E-state index is 4.44. The molecular weight excluding hydrogens is 2250 g/mol. The van der Waals surface area contributed by atoms with Crippen LogP contribution in [0.4, 0.5) is 0 Å². The van der Waals surface area contributed by atoms with Gasteiger partial charge in [0.1, 0.15) is 12.7 Å². The number of para-hydroxylation sites is 1. The molecule has 0 amide bonds. The van der Waals surface area contributed by atoms with Crippen LogP contribution < -0.4 is 0 Å². The van der Waals surface area contributed by atoms with E-state index in [4.69, 9.17) is 0 Å². The fourth-order valence-electron chi connectivity index (χ4n) is 14.1. The summed E-state index contributed by atoms with van der Waals surface area (Å²) in [5.41, 5.74) is 28.8. The van der Waals surface area contributed by atoms with E-state index in [0.29, 0.717) is 5.82 Å². The van der Waals surface area contributed by atoms with Gasteiger partial charge in [0.25, 0.3) is 0 Å². The Bertz CT molecular complexity index is 5430. The summed E-state index contributed by atoms with van der Waals surface area (Å²) in [6, 6.07) is 93.3. The summed E-state index contributed by atoms with van der Waals surface area (Å²) < 4.78 is 8.86. The van der Waals surface area contributed by atoms with E-state index in [1.165, 1.54) is 72.3 Å². The second-order valence-electron chi connectivity index (χ2n) is 27.7. The molecule has 20 heteroatoms. The minimum Gasteiger partial charge on any atom is -0.350 e. The maximum Gasteiger partial charge on any atom is 0.102 e. The number of aromatic nitrogens is 15. The molecule has 6 heterocycles. The molecule has 0 fully saturated rings. The predicted octanol–water partition coefficient (Wildman–Crippen LogP) is 18.1. The van der Waals surface area contributed by atoms with Gasteiger partial charge in [0.2, 0.25) is 0 Å². The summed E-state index contributed by atoms with van der Waals surface area (Å²) in [5.74, 6) is 1.43. The normalized spacial score (nSPS) is 12.5. The molecule has 0 N–H and O–H groups in total. The average Bonchev–Trinajstić information content (AvgIpc) is 1.59. The van der Waals surface area contributed by atoms with E-state index in [2.05, 4.69) is 250 Å². The van der Waals surface area contributed by atoms with Gasteiger partial charge in [-0.2, -0.15) is 10.2 Å². The van der Waals surface area contributed by atoms with E-state index >= 15 is 0 Å². The molecule has 109 heavy (non-hydrogen) atoms. The van der Waals surface area contributed by atoms with Gasteiger partial charge in [0, 0.05) is 166 Å². The molecule has 3 aliphatic carbocycles. The molecule has 19 rings (SSSR count). The van der Waals surface area contributed by atoms with Crippen LogP contribution in [-0.4, -0.2) is 74.1 Å². The minimum absolute atomic E-state index is 0. The number of hydrogen-bond acceptors (Lipinski definition) is 10. The zero-order valence-corrected chi connectivity index (χ0v) is 73.0. The monoisotopic (exact) mass is 2320 g/mol. The van der Waals surface area contributed by atoms with E-state index in [-0.39, 0.29) is 119 Å². The molecule has 0 saturated heterocycles. The van der Waals surface area contributed by atoms with Crippen LogP contribution in [0.2, 0.25) is 0 Å². The molecule has 0 bridgehead atoms. The molecule has 15 nitrogen and oxygen atoms in total. The predicted molar refractivity (Wildman–Crippen MR) is 410 cm³/mol. The van der Waals surface area contributed by atoms with Gasteiger partial charge in [0.15, 0.2) is 0 Å². The quantitative estimate of drug-likeness (QED) is 0.134. The number of aryl methyl sites for hydroxylation is 4. The Morgan fingerprint density at radius 3 is 1.24 bits per heavy atom. The Morgan fingerprint density at radius 1 is 0.321 bits per heavy atom. The third-order valence-corrected chi connectivity index (χ3v) is 19.5. The molecular formula is C89H74Ir3N15Pt2-5. The van der Waals surface area contributed by atoms with Gasteiger partial charge in [0.05, 0.1) is 29.4 Å². The van der Waals surface area contributed by atoms with Gasteiger partial charge >= 0.3 is 0 Å². The summed E-state index contributed by atoms with van der Waals surface area (Å²) in [4.78, 5) is 17.4. The maximum atomic E-state index is 4.44. The molecule has 0 unspecified atom stereocenters. The SMILES string of the molecule is Cn1cc(-c2[c-]cc3c(c2)C(C)(C)c2ccccc2-3)nn1.Cn1cnc(-c2[c-]cc3c(c2)C(C)(C)c2ccccc2-3)c1.Cn1cnc(-c2[c-]cc3c(c2)C(C)(C)c2ccccc2-3)n1.Cn1cnc(-c2[c-]ccc(-c3ccccc3)c2)n1.[Ir].[Ir].[Ir].[Pt].[Pt].[c-]1ccc(-c2ccccn2)cc1-c1cn(-c2ccccc2)nn1. The molecule has 16 aromatic rings. The number of rotatable bonds is 8. The minimum atomic E-state index is 0. The van der Waals surface area contributed by atoms with Crippen molar-refractivity contribution in [2.45, 2.75) is 57.8 Å². The molecule has 3 radical (unpaired) electrons. The molecule has 0 aliphatic heterocycles. The van der Waals surface area contributed by atoms with Gasteiger partial charge < -0.3 is 4.57 Å². The Hall–Kier alpha value is -9.56. The molecule has 557 valence electrons. The number of pyridine rings is 1. The average molecular weight is 2320 g/mol. The van der Waals surface area contributed by atoms with E-state index in [9.17, 15) is 0 Å².